The summed E-state index contributed by atoms with van der Waals surface area (Å²) in [6, 6.07) is 7.38. The van der Waals surface area contributed by atoms with Crippen LogP contribution in [0.1, 0.15) is 9.88 Å². The van der Waals surface area contributed by atoms with Gasteiger partial charge in [-0.25, -0.2) is 4.98 Å². The van der Waals surface area contributed by atoms with E-state index in [9.17, 15) is 0 Å². The Morgan fingerprint density at radius 1 is 1.44 bits per heavy atom. The summed E-state index contributed by atoms with van der Waals surface area (Å²) >= 11 is 12.4. The van der Waals surface area contributed by atoms with E-state index in [1.807, 2.05) is 18.2 Å². The maximum absolute atomic E-state index is 5.98. The molecular formula is C12H11ClN2OS2. The van der Waals surface area contributed by atoms with Gasteiger partial charge >= 0.3 is 0 Å². The first kappa shape index (κ1) is 13.3. The van der Waals surface area contributed by atoms with Crippen LogP contribution in [-0.2, 0) is 6.42 Å². The fourth-order valence-corrected chi connectivity index (χ4v) is 2.47. The molecule has 94 valence electrons. The summed E-state index contributed by atoms with van der Waals surface area (Å²) in [4.78, 5) is 5.44. The Kier molecular flexibility index (Phi) is 4.52. The zero-order valence-corrected chi connectivity index (χ0v) is 11.8. The number of para-hydroxylation sites is 1. The molecule has 0 aliphatic heterocycles. The van der Waals surface area contributed by atoms with Crippen LogP contribution in [0.4, 0.5) is 0 Å². The molecule has 0 atom stereocenters. The number of ether oxygens (including phenoxy) is 1. The predicted octanol–water partition coefficient (Wildman–Crippen LogP) is 3.05. The van der Waals surface area contributed by atoms with E-state index in [1.54, 1.807) is 12.3 Å². The fourth-order valence-electron chi connectivity index (χ4n) is 1.35. The number of nitrogens with zero attached hydrogens (tertiary/aromatic N) is 1. The molecule has 1 aromatic heterocycles. The Hall–Kier alpha value is -1.17. The molecule has 0 saturated heterocycles. The standard InChI is InChI=1S/C12H11ClN2OS2/c13-8-3-1-2-4-9(8)16-6-5-11-15-7-10(18-11)12(14)17/h1-4,7H,5-6H2,(H2,14,17). The third-order valence-electron chi connectivity index (χ3n) is 2.21. The molecule has 0 fully saturated rings. The Bertz CT molecular complexity index is 557. The lowest BCUT2D eigenvalue weighted by Gasteiger charge is -2.06. The van der Waals surface area contributed by atoms with E-state index in [2.05, 4.69) is 4.98 Å². The summed E-state index contributed by atoms with van der Waals surface area (Å²) in [6.45, 7) is 0.522. The smallest absolute Gasteiger partial charge is 0.137 e. The molecule has 6 heteroatoms. The number of benzene rings is 1. The fraction of sp³-hybridized carbons (Fsp3) is 0.167. The van der Waals surface area contributed by atoms with E-state index in [1.165, 1.54) is 11.3 Å². The molecule has 0 radical (unpaired) electrons. The summed E-state index contributed by atoms with van der Waals surface area (Å²) < 4.78 is 5.58. The molecule has 2 rings (SSSR count). The number of rotatable bonds is 5. The van der Waals surface area contributed by atoms with E-state index in [0.29, 0.717) is 28.8 Å². The molecule has 18 heavy (non-hydrogen) atoms. The third kappa shape index (κ3) is 3.41. The van der Waals surface area contributed by atoms with Crippen molar-refractivity contribution in [2.45, 2.75) is 6.42 Å². The zero-order chi connectivity index (χ0) is 13.0. The first-order valence-electron chi connectivity index (χ1n) is 5.28. The van der Waals surface area contributed by atoms with Crippen LogP contribution in [0.5, 0.6) is 5.75 Å². The lowest BCUT2D eigenvalue weighted by atomic mass is 10.3. The van der Waals surface area contributed by atoms with E-state index < -0.39 is 0 Å². The Labute approximate surface area is 120 Å². The molecule has 2 aromatic rings. The van der Waals surface area contributed by atoms with E-state index >= 15 is 0 Å². The number of hydrogen-bond donors (Lipinski definition) is 1. The van der Waals surface area contributed by atoms with Gasteiger partial charge in [0.25, 0.3) is 0 Å². The van der Waals surface area contributed by atoms with Crippen LogP contribution in [0.3, 0.4) is 0 Å². The van der Waals surface area contributed by atoms with Gasteiger partial charge in [0.15, 0.2) is 0 Å². The van der Waals surface area contributed by atoms with Crippen molar-refractivity contribution >= 4 is 40.1 Å². The monoisotopic (exact) mass is 298 g/mol. The zero-order valence-electron chi connectivity index (χ0n) is 9.43. The summed E-state index contributed by atoms with van der Waals surface area (Å²) in [6.07, 6.45) is 2.40. The van der Waals surface area contributed by atoms with Crippen LogP contribution in [0.2, 0.25) is 5.02 Å². The number of nitrogens with two attached hydrogens (primary N) is 1. The van der Waals surface area contributed by atoms with Crippen LogP contribution in [0, 0.1) is 0 Å². The van der Waals surface area contributed by atoms with Gasteiger partial charge in [-0.05, 0) is 12.1 Å². The highest BCUT2D eigenvalue weighted by Crippen LogP contribution is 2.23. The number of aromatic nitrogens is 1. The molecule has 0 amide bonds. The number of halogens is 1. The second-order valence-corrected chi connectivity index (χ2v) is 5.47. The Morgan fingerprint density at radius 2 is 2.22 bits per heavy atom. The first-order chi connectivity index (χ1) is 8.66. The topological polar surface area (TPSA) is 48.1 Å². The van der Waals surface area contributed by atoms with Crippen LogP contribution < -0.4 is 10.5 Å². The van der Waals surface area contributed by atoms with Gasteiger partial charge in [0.2, 0.25) is 0 Å². The minimum absolute atomic E-state index is 0.380. The van der Waals surface area contributed by atoms with Crippen LogP contribution >= 0.6 is 35.2 Å². The highest BCUT2D eigenvalue weighted by molar-refractivity contribution is 7.81. The SMILES string of the molecule is NC(=S)c1cnc(CCOc2ccccc2Cl)s1. The van der Waals surface area contributed by atoms with Gasteiger partial charge in [0, 0.05) is 12.6 Å². The maximum Gasteiger partial charge on any atom is 0.137 e. The quantitative estimate of drug-likeness (QED) is 0.862. The van der Waals surface area contributed by atoms with Crippen LogP contribution in [-0.4, -0.2) is 16.6 Å². The first-order valence-corrected chi connectivity index (χ1v) is 6.89. The van der Waals surface area contributed by atoms with Crippen molar-refractivity contribution in [1.82, 2.24) is 4.98 Å². The summed E-state index contributed by atoms with van der Waals surface area (Å²) in [5.74, 6) is 0.685. The molecule has 3 nitrogen and oxygen atoms in total. The van der Waals surface area contributed by atoms with Gasteiger partial charge < -0.3 is 10.5 Å². The van der Waals surface area contributed by atoms with Crippen molar-refractivity contribution in [3.63, 3.8) is 0 Å². The normalized spacial score (nSPS) is 10.3. The largest absolute Gasteiger partial charge is 0.492 e. The van der Waals surface area contributed by atoms with Crippen molar-refractivity contribution < 1.29 is 4.74 Å². The van der Waals surface area contributed by atoms with Gasteiger partial charge in [-0.2, -0.15) is 0 Å². The van der Waals surface area contributed by atoms with Crippen molar-refractivity contribution in [2.75, 3.05) is 6.61 Å². The maximum atomic E-state index is 5.98. The van der Waals surface area contributed by atoms with Crippen molar-refractivity contribution in [2.24, 2.45) is 5.73 Å². The molecular weight excluding hydrogens is 288 g/mol. The van der Waals surface area contributed by atoms with Crippen LogP contribution in [0.15, 0.2) is 30.5 Å². The van der Waals surface area contributed by atoms with E-state index in [-0.39, 0.29) is 0 Å². The van der Waals surface area contributed by atoms with Crippen molar-refractivity contribution in [3.05, 3.63) is 45.4 Å². The molecule has 1 aromatic carbocycles. The molecule has 0 aliphatic carbocycles. The lowest BCUT2D eigenvalue weighted by molar-refractivity contribution is 0.322. The third-order valence-corrected chi connectivity index (χ3v) is 3.96. The minimum atomic E-state index is 0.380. The van der Waals surface area contributed by atoms with Gasteiger partial charge in [-0.1, -0.05) is 36.0 Å². The summed E-state index contributed by atoms with van der Waals surface area (Å²) in [5.41, 5.74) is 5.52. The molecule has 0 unspecified atom stereocenters. The van der Waals surface area contributed by atoms with Crippen molar-refractivity contribution in [1.29, 1.82) is 0 Å². The van der Waals surface area contributed by atoms with Gasteiger partial charge in [-0.15, -0.1) is 11.3 Å². The molecule has 1 heterocycles. The van der Waals surface area contributed by atoms with Gasteiger partial charge in [0.1, 0.15) is 10.7 Å². The van der Waals surface area contributed by atoms with Crippen molar-refractivity contribution in [3.8, 4) is 5.75 Å². The van der Waals surface area contributed by atoms with Gasteiger partial charge in [0.05, 0.1) is 21.5 Å². The second kappa shape index (κ2) is 6.13. The molecule has 0 spiro atoms. The Morgan fingerprint density at radius 3 is 2.89 bits per heavy atom. The van der Waals surface area contributed by atoms with Crippen LogP contribution in [0.25, 0.3) is 0 Å². The summed E-state index contributed by atoms with van der Waals surface area (Å²) in [7, 11) is 0. The second-order valence-electron chi connectivity index (χ2n) is 3.51. The average Bonchev–Trinajstić information content (AvgIpc) is 2.80. The average molecular weight is 299 g/mol. The highest BCUT2D eigenvalue weighted by atomic mass is 35.5. The number of thiocarbonyl (C=S) groups is 1. The van der Waals surface area contributed by atoms with Gasteiger partial charge in [-0.3, -0.25) is 0 Å². The predicted molar refractivity (Wildman–Crippen MR) is 78.7 cm³/mol. The molecule has 0 aliphatic rings. The highest BCUT2D eigenvalue weighted by Gasteiger charge is 2.05. The minimum Gasteiger partial charge on any atom is -0.492 e. The molecule has 0 bridgehead atoms. The molecule has 0 saturated carbocycles. The van der Waals surface area contributed by atoms with E-state index in [4.69, 9.17) is 34.3 Å². The number of thiazole rings is 1. The van der Waals surface area contributed by atoms with E-state index in [0.717, 1.165) is 9.88 Å². The number of hydrogen-bond acceptors (Lipinski definition) is 4. The lowest BCUT2D eigenvalue weighted by Crippen LogP contribution is -2.06. The summed E-state index contributed by atoms with van der Waals surface area (Å²) in [5, 5.41) is 1.56. The Balaban J connectivity index is 1.88. The molecule has 2 N–H and O–H groups in total.